The summed E-state index contributed by atoms with van der Waals surface area (Å²) in [7, 11) is 0. The maximum absolute atomic E-state index is 9.25. The Labute approximate surface area is 109 Å². The third-order valence-electron chi connectivity index (χ3n) is 3.77. The van der Waals surface area contributed by atoms with E-state index in [2.05, 4.69) is 24.0 Å². The number of hydrogen-bond donors (Lipinski definition) is 1. The first-order chi connectivity index (χ1) is 8.76. The quantitative estimate of drug-likeness (QED) is 0.887. The van der Waals surface area contributed by atoms with Gasteiger partial charge in [0.15, 0.2) is 0 Å². The van der Waals surface area contributed by atoms with Crippen molar-refractivity contribution in [3.8, 4) is 6.07 Å². The van der Waals surface area contributed by atoms with Crippen LogP contribution in [0.15, 0.2) is 18.2 Å². The molecule has 1 aromatic carbocycles. The second-order valence-electron chi connectivity index (χ2n) is 5.11. The highest BCUT2D eigenvalue weighted by molar-refractivity contribution is 5.64. The van der Waals surface area contributed by atoms with E-state index < -0.39 is 0 Å². The molecular formula is C15H21N3. The van der Waals surface area contributed by atoms with Crippen LogP contribution in [-0.4, -0.2) is 19.6 Å². The summed E-state index contributed by atoms with van der Waals surface area (Å²) >= 11 is 0. The van der Waals surface area contributed by atoms with Crippen LogP contribution in [0.1, 0.15) is 30.4 Å². The average molecular weight is 243 g/mol. The summed E-state index contributed by atoms with van der Waals surface area (Å²) in [6, 6.07) is 8.27. The number of rotatable bonds is 3. The smallest absolute Gasteiger partial charge is 0.101 e. The van der Waals surface area contributed by atoms with E-state index in [0.29, 0.717) is 5.92 Å². The minimum atomic E-state index is 0.676. The molecule has 18 heavy (non-hydrogen) atoms. The van der Waals surface area contributed by atoms with Gasteiger partial charge in [-0.15, -0.1) is 0 Å². The largest absolute Gasteiger partial charge is 0.370 e. The van der Waals surface area contributed by atoms with Crippen molar-refractivity contribution in [2.45, 2.75) is 26.2 Å². The number of benzene rings is 1. The van der Waals surface area contributed by atoms with Gasteiger partial charge >= 0.3 is 0 Å². The average Bonchev–Trinajstić information content (AvgIpc) is 2.39. The molecule has 1 aliphatic rings. The van der Waals surface area contributed by atoms with Gasteiger partial charge in [-0.05, 0) is 50.3 Å². The number of nitriles is 1. The summed E-state index contributed by atoms with van der Waals surface area (Å²) in [6.07, 6.45) is 3.55. The zero-order valence-electron chi connectivity index (χ0n) is 11.0. The highest BCUT2D eigenvalue weighted by atomic mass is 15.1. The van der Waals surface area contributed by atoms with E-state index in [9.17, 15) is 5.26 Å². The highest BCUT2D eigenvalue weighted by Gasteiger charge is 2.22. The Kier molecular flexibility index (Phi) is 4.22. The van der Waals surface area contributed by atoms with E-state index in [1.165, 1.54) is 18.4 Å². The monoisotopic (exact) mass is 243 g/mol. The van der Waals surface area contributed by atoms with Gasteiger partial charge in [-0.2, -0.15) is 5.26 Å². The fraction of sp³-hybridized carbons (Fsp3) is 0.533. The van der Waals surface area contributed by atoms with Crippen molar-refractivity contribution in [1.82, 2.24) is 0 Å². The Morgan fingerprint density at radius 3 is 3.06 bits per heavy atom. The molecule has 0 saturated carbocycles. The van der Waals surface area contributed by atoms with Gasteiger partial charge in [-0.3, -0.25) is 0 Å². The molecule has 1 fully saturated rings. The van der Waals surface area contributed by atoms with Crippen molar-refractivity contribution < 1.29 is 0 Å². The summed E-state index contributed by atoms with van der Waals surface area (Å²) in [5, 5.41) is 9.25. The summed E-state index contributed by atoms with van der Waals surface area (Å²) < 4.78 is 0. The summed E-state index contributed by atoms with van der Waals surface area (Å²) in [4.78, 5) is 2.37. The van der Waals surface area contributed by atoms with Crippen molar-refractivity contribution in [3.05, 3.63) is 29.3 Å². The minimum absolute atomic E-state index is 0.676. The Bertz CT molecular complexity index is 446. The summed E-state index contributed by atoms with van der Waals surface area (Å²) in [5.41, 5.74) is 8.78. The molecule has 96 valence electrons. The molecule has 2 rings (SSSR count). The Balaban J connectivity index is 2.23. The highest BCUT2D eigenvalue weighted by Crippen LogP contribution is 2.30. The first-order valence-electron chi connectivity index (χ1n) is 6.71. The first kappa shape index (κ1) is 12.9. The van der Waals surface area contributed by atoms with Gasteiger partial charge in [0.2, 0.25) is 0 Å². The van der Waals surface area contributed by atoms with Crippen LogP contribution in [0.3, 0.4) is 0 Å². The van der Waals surface area contributed by atoms with E-state index in [0.717, 1.165) is 37.3 Å². The fourth-order valence-corrected chi connectivity index (χ4v) is 2.91. The van der Waals surface area contributed by atoms with Crippen LogP contribution in [-0.2, 0) is 0 Å². The third-order valence-corrected chi connectivity index (χ3v) is 3.77. The van der Waals surface area contributed by atoms with Crippen molar-refractivity contribution in [2.75, 3.05) is 24.5 Å². The standard InChI is InChI=1S/C15H21N3/c1-12-4-2-6-14(10-17)15(12)18-9-3-5-13(11-18)7-8-16/h2,4,6,13H,3,5,7-9,11,16H2,1H3. The van der Waals surface area contributed by atoms with Crippen LogP contribution in [0.25, 0.3) is 0 Å². The van der Waals surface area contributed by atoms with E-state index >= 15 is 0 Å². The number of anilines is 1. The lowest BCUT2D eigenvalue weighted by Gasteiger charge is -2.35. The van der Waals surface area contributed by atoms with Gasteiger partial charge in [-0.1, -0.05) is 12.1 Å². The predicted molar refractivity (Wildman–Crippen MR) is 74.5 cm³/mol. The Morgan fingerprint density at radius 1 is 1.50 bits per heavy atom. The SMILES string of the molecule is Cc1cccc(C#N)c1N1CCCC(CCN)C1. The lowest BCUT2D eigenvalue weighted by molar-refractivity contribution is 0.395. The molecule has 1 atom stereocenters. The first-order valence-corrected chi connectivity index (χ1v) is 6.71. The van der Waals surface area contributed by atoms with Gasteiger partial charge in [0, 0.05) is 13.1 Å². The third kappa shape index (κ3) is 2.65. The molecule has 0 aliphatic carbocycles. The second-order valence-corrected chi connectivity index (χ2v) is 5.11. The Hall–Kier alpha value is -1.53. The van der Waals surface area contributed by atoms with Gasteiger partial charge in [0.05, 0.1) is 11.3 Å². The zero-order valence-corrected chi connectivity index (χ0v) is 11.0. The molecule has 1 heterocycles. The molecule has 0 amide bonds. The maximum atomic E-state index is 9.25. The number of nitrogens with two attached hydrogens (primary N) is 1. The molecule has 1 saturated heterocycles. The molecule has 0 radical (unpaired) electrons. The van der Waals surface area contributed by atoms with Crippen LogP contribution < -0.4 is 10.6 Å². The van der Waals surface area contributed by atoms with E-state index in [-0.39, 0.29) is 0 Å². The van der Waals surface area contributed by atoms with Gasteiger partial charge < -0.3 is 10.6 Å². The molecule has 3 heteroatoms. The predicted octanol–water partition coefficient (Wildman–Crippen LogP) is 2.43. The van der Waals surface area contributed by atoms with Crippen molar-refractivity contribution in [1.29, 1.82) is 5.26 Å². The molecule has 1 unspecified atom stereocenters. The fourth-order valence-electron chi connectivity index (χ4n) is 2.91. The number of para-hydroxylation sites is 1. The lowest BCUT2D eigenvalue weighted by atomic mass is 9.93. The zero-order chi connectivity index (χ0) is 13.0. The van der Waals surface area contributed by atoms with E-state index in [1.807, 2.05) is 12.1 Å². The number of aryl methyl sites for hydroxylation is 1. The molecule has 3 nitrogen and oxygen atoms in total. The van der Waals surface area contributed by atoms with Gasteiger partial charge in [0.25, 0.3) is 0 Å². The van der Waals surface area contributed by atoms with Crippen LogP contribution >= 0.6 is 0 Å². The molecule has 2 N–H and O–H groups in total. The lowest BCUT2D eigenvalue weighted by Crippen LogP contribution is -2.37. The van der Waals surface area contributed by atoms with Crippen LogP contribution in [0.5, 0.6) is 0 Å². The minimum Gasteiger partial charge on any atom is -0.370 e. The molecule has 0 spiro atoms. The normalized spacial score (nSPS) is 19.6. The molecule has 1 aromatic rings. The van der Waals surface area contributed by atoms with Crippen molar-refractivity contribution in [2.24, 2.45) is 11.7 Å². The van der Waals surface area contributed by atoms with E-state index in [4.69, 9.17) is 5.73 Å². The second kappa shape index (κ2) is 5.88. The number of nitrogens with zero attached hydrogens (tertiary/aromatic N) is 2. The molecule has 0 bridgehead atoms. The molecule has 1 aliphatic heterocycles. The van der Waals surface area contributed by atoms with Crippen molar-refractivity contribution >= 4 is 5.69 Å². The number of hydrogen-bond acceptors (Lipinski definition) is 3. The van der Waals surface area contributed by atoms with E-state index in [1.54, 1.807) is 0 Å². The summed E-state index contributed by atoms with van der Waals surface area (Å²) in [5.74, 6) is 0.676. The van der Waals surface area contributed by atoms with Crippen LogP contribution in [0.4, 0.5) is 5.69 Å². The van der Waals surface area contributed by atoms with Crippen LogP contribution in [0, 0.1) is 24.2 Å². The maximum Gasteiger partial charge on any atom is 0.101 e. The van der Waals surface area contributed by atoms with Gasteiger partial charge in [-0.25, -0.2) is 0 Å². The van der Waals surface area contributed by atoms with Gasteiger partial charge in [0.1, 0.15) is 6.07 Å². The van der Waals surface area contributed by atoms with Crippen molar-refractivity contribution in [3.63, 3.8) is 0 Å². The number of piperidine rings is 1. The Morgan fingerprint density at radius 2 is 2.33 bits per heavy atom. The molecule has 0 aromatic heterocycles. The summed E-state index contributed by atoms with van der Waals surface area (Å²) in [6.45, 7) is 4.94. The topological polar surface area (TPSA) is 53.0 Å². The van der Waals surface area contributed by atoms with Crippen LogP contribution in [0.2, 0.25) is 0 Å². The molecular weight excluding hydrogens is 222 g/mol.